The first kappa shape index (κ1) is 17.5. The molecule has 2 aromatic carbocycles. The average Bonchev–Trinajstić information content (AvgIpc) is 3.44. The van der Waals surface area contributed by atoms with Gasteiger partial charge in [0, 0.05) is 5.56 Å². The second-order valence-corrected chi connectivity index (χ2v) is 7.08. The van der Waals surface area contributed by atoms with Crippen molar-refractivity contribution in [1.29, 1.82) is 0 Å². The van der Waals surface area contributed by atoms with Crippen molar-refractivity contribution in [2.24, 2.45) is 0 Å². The quantitative estimate of drug-likeness (QED) is 0.850. The molecule has 3 heterocycles. The Kier molecular flexibility index (Phi) is 4.64. The van der Waals surface area contributed by atoms with Crippen LogP contribution in [0.2, 0.25) is 0 Å². The monoisotopic (exact) mass is 383 g/mol. The Bertz CT molecular complexity index is 857. The van der Waals surface area contributed by atoms with E-state index in [4.69, 9.17) is 23.7 Å². The number of rotatable bonds is 5. The van der Waals surface area contributed by atoms with Gasteiger partial charge in [0.25, 0.3) is 5.91 Å². The maximum atomic E-state index is 12.6. The molecule has 1 N–H and O–H groups in total. The van der Waals surface area contributed by atoms with Gasteiger partial charge < -0.3 is 29.0 Å². The van der Waals surface area contributed by atoms with Crippen LogP contribution in [0.4, 0.5) is 0 Å². The Morgan fingerprint density at radius 3 is 2.71 bits per heavy atom. The molecule has 1 amide bonds. The summed E-state index contributed by atoms with van der Waals surface area (Å²) >= 11 is 0. The number of nitrogens with one attached hydrogen (secondary N) is 1. The van der Waals surface area contributed by atoms with E-state index in [1.165, 1.54) is 0 Å². The van der Waals surface area contributed by atoms with Gasteiger partial charge in [-0.25, -0.2) is 0 Å². The van der Waals surface area contributed by atoms with Gasteiger partial charge in [-0.3, -0.25) is 4.79 Å². The van der Waals surface area contributed by atoms with E-state index in [1.54, 1.807) is 18.2 Å². The normalized spacial score (nSPS) is 27.6. The first-order chi connectivity index (χ1) is 13.8. The minimum atomic E-state index is -0.215. The summed E-state index contributed by atoms with van der Waals surface area (Å²) in [4.78, 5) is 12.6. The molecule has 28 heavy (non-hydrogen) atoms. The van der Waals surface area contributed by atoms with Crippen molar-refractivity contribution in [3.05, 3.63) is 59.7 Å². The zero-order chi connectivity index (χ0) is 18.9. The van der Waals surface area contributed by atoms with Crippen LogP contribution in [0.25, 0.3) is 0 Å². The van der Waals surface area contributed by atoms with Gasteiger partial charge in [0.05, 0.1) is 25.9 Å². The topological polar surface area (TPSA) is 75.3 Å². The van der Waals surface area contributed by atoms with E-state index in [0.717, 1.165) is 5.56 Å². The van der Waals surface area contributed by atoms with Crippen molar-refractivity contribution in [2.75, 3.05) is 20.0 Å². The molecule has 0 aliphatic carbocycles. The van der Waals surface area contributed by atoms with E-state index < -0.39 is 0 Å². The highest BCUT2D eigenvalue weighted by Gasteiger charge is 2.48. The van der Waals surface area contributed by atoms with Crippen molar-refractivity contribution in [3.63, 3.8) is 0 Å². The molecule has 0 radical (unpaired) electrons. The Morgan fingerprint density at radius 2 is 1.82 bits per heavy atom. The molecule has 0 spiro atoms. The van der Waals surface area contributed by atoms with E-state index >= 15 is 0 Å². The van der Waals surface area contributed by atoms with Crippen molar-refractivity contribution in [3.8, 4) is 11.5 Å². The van der Waals surface area contributed by atoms with Crippen LogP contribution < -0.4 is 14.8 Å². The molecule has 2 saturated heterocycles. The van der Waals surface area contributed by atoms with Gasteiger partial charge in [-0.15, -0.1) is 0 Å². The minimum absolute atomic E-state index is 0.141. The summed E-state index contributed by atoms with van der Waals surface area (Å²) in [7, 11) is 0. The Labute approximate surface area is 162 Å². The molecule has 0 unspecified atom stereocenters. The van der Waals surface area contributed by atoms with E-state index in [-0.39, 0.29) is 37.1 Å². The lowest BCUT2D eigenvalue weighted by molar-refractivity contribution is -0.0392. The van der Waals surface area contributed by atoms with Gasteiger partial charge in [0.2, 0.25) is 6.79 Å². The second kappa shape index (κ2) is 7.43. The van der Waals surface area contributed by atoms with Crippen LogP contribution >= 0.6 is 0 Å². The molecule has 0 aromatic heterocycles. The molecule has 7 heteroatoms. The number of carbonyl (C=O) groups is 1. The van der Waals surface area contributed by atoms with Crippen LogP contribution in [0.5, 0.6) is 11.5 Å². The third-order valence-electron chi connectivity index (χ3n) is 5.27. The summed E-state index contributed by atoms with van der Waals surface area (Å²) < 4.78 is 28.4. The summed E-state index contributed by atoms with van der Waals surface area (Å²) in [5.74, 6) is 1.04. The summed E-state index contributed by atoms with van der Waals surface area (Å²) in [6, 6.07) is 14.9. The molecular weight excluding hydrogens is 362 g/mol. The standard InChI is InChI=1S/C21H21NO6/c23-21(14-6-7-16-17(8-14)28-12-27-16)22-15-10-25-20-18(11-26-19(15)20)24-9-13-4-2-1-3-5-13/h1-8,15,18-20H,9-12H2,(H,22,23)/t15-,18+,19+,20+/m0/s1. The minimum Gasteiger partial charge on any atom is -0.454 e. The highest BCUT2D eigenvalue weighted by Crippen LogP contribution is 2.33. The Hall–Kier alpha value is -2.61. The molecule has 7 nitrogen and oxygen atoms in total. The van der Waals surface area contributed by atoms with Gasteiger partial charge in [0.15, 0.2) is 11.5 Å². The van der Waals surface area contributed by atoms with Crippen LogP contribution in [-0.4, -0.2) is 50.3 Å². The van der Waals surface area contributed by atoms with E-state index in [2.05, 4.69) is 5.32 Å². The van der Waals surface area contributed by atoms with Gasteiger partial charge in [-0.2, -0.15) is 0 Å². The van der Waals surface area contributed by atoms with Crippen LogP contribution in [0.15, 0.2) is 48.5 Å². The summed E-state index contributed by atoms with van der Waals surface area (Å²) in [6.07, 6.45) is -0.526. The van der Waals surface area contributed by atoms with E-state index in [0.29, 0.717) is 36.9 Å². The highest BCUT2D eigenvalue weighted by atomic mass is 16.7. The second-order valence-electron chi connectivity index (χ2n) is 7.08. The predicted molar refractivity (Wildman–Crippen MR) is 98.3 cm³/mol. The number of hydrogen-bond donors (Lipinski definition) is 1. The van der Waals surface area contributed by atoms with Gasteiger partial charge in [0.1, 0.15) is 18.3 Å². The number of fused-ring (bicyclic) bond motifs is 2. The number of carbonyl (C=O) groups excluding carboxylic acids is 1. The third kappa shape index (κ3) is 3.32. The van der Waals surface area contributed by atoms with Crippen molar-refractivity contribution >= 4 is 5.91 Å². The highest BCUT2D eigenvalue weighted by molar-refractivity contribution is 5.95. The summed E-state index contributed by atoms with van der Waals surface area (Å²) in [5, 5.41) is 3.01. The van der Waals surface area contributed by atoms with E-state index in [1.807, 2.05) is 30.3 Å². The lowest BCUT2D eigenvalue weighted by atomic mass is 10.1. The Balaban J connectivity index is 1.19. The van der Waals surface area contributed by atoms with Crippen LogP contribution in [0.1, 0.15) is 15.9 Å². The van der Waals surface area contributed by atoms with Crippen LogP contribution in [-0.2, 0) is 20.8 Å². The zero-order valence-corrected chi connectivity index (χ0v) is 15.2. The summed E-state index contributed by atoms with van der Waals surface area (Å²) in [5.41, 5.74) is 1.62. The zero-order valence-electron chi connectivity index (χ0n) is 15.2. The number of hydrogen-bond acceptors (Lipinski definition) is 6. The summed E-state index contributed by atoms with van der Waals surface area (Å²) in [6.45, 7) is 1.55. The van der Waals surface area contributed by atoms with Crippen molar-refractivity contribution < 1.29 is 28.5 Å². The maximum absolute atomic E-state index is 12.6. The Morgan fingerprint density at radius 1 is 1.00 bits per heavy atom. The SMILES string of the molecule is O=C(N[C@H]1CO[C@H]2[C@@H]1OC[C@H]2OCc1ccccc1)c1ccc2c(c1)OCO2. The maximum Gasteiger partial charge on any atom is 0.251 e. The van der Waals surface area contributed by atoms with Gasteiger partial charge in [-0.05, 0) is 23.8 Å². The molecule has 4 atom stereocenters. The third-order valence-corrected chi connectivity index (χ3v) is 5.27. The van der Waals surface area contributed by atoms with E-state index in [9.17, 15) is 4.79 Å². The smallest absolute Gasteiger partial charge is 0.251 e. The molecule has 3 aliphatic heterocycles. The fraction of sp³-hybridized carbons (Fsp3) is 0.381. The molecular formula is C21H21NO6. The first-order valence-electron chi connectivity index (χ1n) is 9.37. The predicted octanol–water partition coefficient (Wildman–Crippen LogP) is 1.90. The fourth-order valence-electron chi connectivity index (χ4n) is 3.80. The van der Waals surface area contributed by atoms with Crippen molar-refractivity contribution in [1.82, 2.24) is 5.32 Å². The average molecular weight is 383 g/mol. The molecule has 3 aliphatic rings. The number of ether oxygens (including phenoxy) is 5. The molecule has 5 rings (SSSR count). The molecule has 0 saturated carbocycles. The number of benzene rings is 2. The molecule has 0 bridgehead atoms. The fourth-order valence-corrected chi connectivity index (χ4v) is 3.80. The lowest BCUT2D eigenvalue weighted by Crippen LogP contribution is -2.44. The van der Waals surface area contributed by atoms with Crippen LogP contribution in [0, 0.1) is 0 Å². The van der Waals surface area contributed by atoms with Crippen molar-refractivity contribution in [2.45, 2.75) is 31.0 Å². The first-order valence-corrected chi connectivity index (χ1v) is 9.37. The van der Waals surface area contributed by atoms with Gasteiger partial charge >= 0.3 is 0 Å². The molecule has 146 valence electrons. The van der Waals surface area contributed by atoms with Gasteiger partial charge in [-0.1, -0.05) is 30.3 Å². The molecule has 2 aromatic rings. The van der Waals surface area contributed by atoms with Crippen LogP contribution in [0.3, 0.4) is 0 Å². The number of amides is 1. The lowest BCUT2D eigenvalue weighted by Gasteiger charge is -2.18. The molecule has 2 fully saturated rings. The largest absolute Gasteiger partial charge is 0.454 e.